The van der Waals surface area contributed by atoms with E-state index in [1.807, 2.05) is 0 Å². The van der Waals surface area contributed by atoms with E-state index in [0.717, 1.165) is 64.2 Å². The van der Waals surface area contributed by atoms with Crippen molar-refractivity contribution in [3.05, 3.63) is 24.3 Å². The maximum atomic E-state index is 13.5. The quantitative estimate of drug-likeness (QED) is 0.0145. The molecular weight excluding hydrogens is 1010 g/mol. The van der Waals surface area contributed by atoms with Crippen LogP contribution in [-0.4, -0.2) is 134 Å². The minimum atomic E-state index is -4.49. The van der Waals surface area contributed by atoms with Crippen LogP contribution < -0.4 is 0 Å². The molecule has 21 nitrogen and oxygen atoms in total. The molecule has 0 bridgehead atoms. The normalized spacial score (nSPS) is 14.0. The van der Waals surface area contributed by atoms with Crippen molar-refractivity contribution >= 4 is 45.5 Å². The SMILES string of the molecule is C=C(C)C(=O)OCCOP(=O)(O)OCC(CO)OC(=O)CCCCCCCCC.C=C(C)C(=O)OCCOP(=O)(OCC(CO)OC(=O)CCCCCCCCC)OC(CO)COC(=O)CCCCCCCCC. The van der Waals surface area contributed by atoms with Crippen molar-refractivity contribution in [1.29, 1.82) is 0 Å². The standard InChI is InChI=1S/C32H59O12P.C19H35O9P/c1-5-7-9-11-13-15-17-19-30(35)40-25-29(24-34)44-45(38,41-22-21-39-32(37)27(3)4)42-26-28(23-33)43-31(36)20-18-16-14-12-10-8-6-2;1-4-5-6-7-8-9-10-11-18(21)28-17(14-20)15-27-29(23,24)26-13-12-25-19(22)16(2)3/h28-29,33-34H,3,5-26H2,1-2,4H3;17,20H,2,4-15H2,1,3H3,(H,23,24). The maximum absolute atomic E-state index is 13.5. The molecule has 0 aliphatic heterocycles. The van der Waals surface area contributed by atoms with Crippen LogP contribution in [-0.2, 0) is 79.4 Å². The van der Waals surface area contributed by atoms with Crippen LogP contribution in [0.25, 0.3) is 0 Å². The third kappa shape index (κ3) is 45.2. The van der Waals surface area contributed by atoms with E-state index >= 15 is 0 Å². The summed E-state index contributed by atoms with van der Waals surface area (Å²) in [4.78, 5) is 68.6. The van der Waals surface area contributed by atoms with Crippen LogP contribution in [0.4, 0.5) is 0 Å². The van der Waals surface area contributed by atoms with Gasteiger partial charge in [0.25, 0.3) is 0 Å². The van der Waals surface area contributed by atoms with E-state index in [1.54, 1.807) is 0 Å². The lowest BCUT2D eigenvalue weighted by Gasteiger charge is -2.24. The Morgan fingerprint density at radius 2 is 0.784 bits per heavy atom. The number of esters is 5. The molecule has 0 fully saturated rings. The van der Waals surface area contributed by atoms with E-state index < -0.39 is 110 Å². The van der Waals surface area contributed by atoms with E-state index in [2.05, 4.69) is 38.5 Å². The highest BCUT2D eigenvalue weighted by Gasteiger charge is 2.34. The van der Waals surface area contributed by atoms with E-state index in [-0.39, 0.29) is 50.2 Å². The Morgan fingerprint density at radius 3 is 1.16 bits per heavy atom. The summed E-state index contributed by atoms with van der Waals surface area (Å²) < 4.78 is 75.7. The summed E-state index contributed by atoms with van der Waals surface area (Å²) in [5, 5.41) is 28.8. The molecule has 0 radical (unpaired) electrons. The molecule has 0 spiro atoms. The molecule has 0 aromatic rings. The van der Waals surface area contributed by atoms with Crippen molar-refractivity contribution < 1.29 is 99.6 Å². The second-order valence-corrected chi connectivity index (χ2v) is 20.9. The highest BCUT2D eigenvalue weighted by molar-refractivity contribution is 7.48. The van der Waals surface area contributed by atoms with Gasteiger partial charge in [-0.05, 0) is 33.1 Å². The second kappa shape index (κ2) is 48.3. The van der Waals surface area contributed by atoms with Crippen LogP contribution in [0.3, 0.4) is 0 Å². The summed E-state index contributed by atoms with van der Waals surface area (Å²) in [6.45, 7) is 11.6. The van der Waals surface area contributed by atoms with Crippen molar-refractivity contribution in [2.45, 2.75) is 207 Å². The number of rotatable bonds is 49. The largest absolute Gasteiger partial charge is 0.475 e. The molecule has 434 valence electrons. The zero-order valence-corrected chi connectivity index (χ0v) is 47.1. The van der Waals surface area contributed by atoms with Gasteiger partial charge in [-0.3, -0.25) is 37.0 Å². The van der Waals surface area contributed by atoms with Crippen molar-refractivity contribution in [1.82, 2.24) is 0 Å². The number of carbonyl (C=O) groups excluding carboxylic acids is 5. The van der Waals surface area contributed by atoms with Gasteiger partial charge in [0, 0.05) is 30.4 Å². The summed E-state index contributed by atoms with van der Waals surface area (Å²) in [6, 6.07) is 0. The zero-order valence-electron chi connectivity index (χ0n) is 45.3. The molecule has 0 saturated carbocycles. The maximum Gasteiger partial charge on any atom is 0.475 e. The predicted octanol–water partition coefficient (Wildman–Crippen LogP) is 9.64. The molecule has 0 saturated heterocycles. The lowest BCUT2D eigenvalue weighted by molar-refractivity contribution is -0.154. The molecule has 23 heteroatoms. The van der Waals surface area contributed by atoms with Crippen LogP contribution in [0.2, 0.25) is 0 Å². The van der Waals surface area contributed by atoms with Gasteiger partial charge in [-0.25, -0.2) is 18.7 Å². The van der Waals surface area contributed by atoms with Crippen LogP contribution in [0, 0.1) is 0 Å². The number of carbonyl (C=O) groups is 5. The average Bonchev–Trinajstić information content (AvgIpc) is 3.37. The molecule has 74 heavy (non-hydrogen) atoms. The van der Waals surface area contributed by atoms with Crippen LogP contribution in [0.1, 0.15) is 189 Å². The molecule has 0 amide bonds. The number of hydrogen-bond donors (Lipinski definition) is 4. The first-order chi connectivity index (χ1) is 35.3. The fraction of sp³-hybridized carbons (Fsp3) is 0.824. The van der Waals surface area contributed by atoms with Crippen LogP contribution in [0.5, 0.6) is 0 Å². The second-order valence-electron chi connectivity index (χ2n) is 17.8. The number of aliphatic hydroxyl groups excluding tert-OH is 3. The van der Waals surface area contributed by atoms with Gasteiger partial charge in [0.1, 0.15) is 38.1 Å². The van der Waals surface area contributed by atoms with Gasteiger partial charge >= 0.3 is 45.5 Å². The van der Waals surface area contributed by atoms with Gasteiger partial charge in [0.2, 0.25) is 0 Å². The van der Waals surface area contributed by atoms with Crippen molar-refractivity contribution in [3.63, 3.8) is 0 Å². The topological polar surface area (TPSA) is 293 Å². The molecule has 0 aromatic carbocycles. The first-order valence-electron chi connectivity index (χ1n) is 26.5. The number of phosphoric ester groups is 2. The number of aliphatic hydroxyl groups is 3. The smallest absolute Gasteiger partial charge is 0.463 e. The van der Waals surface area contributed by atoms with Crippen LogP contribution >= 0.6 is 15.6 Å². The molecule has 0 aliphatic rings. The first-order valence-corrected chi connectivity index (χ1v) is 29.5. The third-order valence-electron chi connectivity index (χ3n) is 10.5. The van der Waals surface area contributed by atoms with Crippen molar-refractivity contribution in [3.8, 4) is 0 Å². The lowest BCUT2D eigenvalue weighted by Crippen LogP contribution is -2.29. The fourth-order valence-electron chi connectivity index (χ4n) is 6.28. The molecule has 5 atom stereocenters. The zero-order chi connectivity index (χ0) is 55.9. The molecule has 0 aliphatic carbocycles. The van der Waals surface area contributed by atoms with Gasteiger partial charge in [0.15, 0.2) is 0 Å². The summed E-state index contributed by atoms with van der Waals surface area (Å²) in [5.74, 6) is -2.83. The van der Waals surface area contributed by atoms with E-state index in [1.165, 1.54) is 65.2 Å². The van der Waals surface area contributed by atoms with Gasteiger partial charge in [0.05, 0.1) is 46.2 Å². The Kier molecular flexibility index (Phi) is 47.7. The summed E-state index contributed by atoms with van der Waals surface area (Å²) in [7, 11) is -8.94. The fourth-order valence-corrected chi connectivity index (χ4v) is 8.35. The predicted molar refractivity (Wildman–Crippen MR) is 277 cm³/mol. The van der Waals surface area contributed by atoms with Gasteiger partial charge < -0.3 is 43.9 Å². The minimum Gasteiger partial charge on any atom is -0.463 e. The monoisotopic (exact) mass is 1100 g/mol. The summed E-state index contributed by atoms with van der Waals surface area (Å²) >= 11 is 0. The van der Waals surface area contributed by atoms with Gasteiger partial charge in [-0.15, -0.1) is 0 Å². The highest BCUT2D eigenvalue weighted by atomic mass is 31.2. The number of phosphoric acid groups is 2. The molecule has 0 heterocycles. The first kappa shape index (κ1) is 73.0. The van der Waals surface area contributed by atoms with E-state index in [9.17, 15) is 53.3 Å². The number of unbranched alkanes of at least 4 members (excludes halogenated alkanes) is 18. The van der Waals surface area contributed by atoms with Gasteiger partial charge in [-0.1, -0.05) is 150 Å². The summed E-state index contributed by atoms with van der Waals surface area (Å²) in [5.41, 5.74) is 0.353. The molecule has 0 aromatic heterocycles. The van der Waals surface area contributed by atoms with E-state index in [0.29, 0.717) is 19.3 Å². The van der Waals surface area contributed by atoms with Gasteiger partial charge in [-0.2, -0.15) is 0 Å². The Hall–Kier alpha value is -3.07. The highest BCUT2D eigenvalue weighted by Crippen LogP contribution is 2.51. The lowest BCUT2D eigenvalue weighted by atomic mass is 10.1. The van der Waals surface area contributed by atoms with Crippen LogP contribution in [0.15, 0.2) is 24.3 Å². The molecule has 5 unspecified atom stereocenters. The number of ether oxygens (including phenoxy) is 5. The van der Waals surface area contributed by atoms with E-state index in [4.69, 9.17) is 41.8 Å². The molecule has 0 rings (SSSR count). The Morgan fingerprint density at radius 1 is 0.432 bits per heavy atom. The Balaban J connectivity index is 0. The van der Waals surface area contributed by atoms with Crippen molar-refractivity contribution in [2.24, 2.45) is 0 Å². The molecular formula is C51H94O21P2. The minimum absolute atomic E-state index is 0.161. The third-order valence-corrected chi connectivity index (χ3v) is 13.0. The number of hydrogen-bond acceptors (Lipinski definition) is 20. The Bertz CT molecular complexity index is 1610. The molecule has 4 N–H and O–H groups in total. The summed E-state index contributed by atoms with van der Waals surface area (Å²) in [6.07, 6.45) is 19.0. The van der Waals surface area contributed by atoms with Crippen molar-refractivity contribution in [2.75, 3.05) is 66.1 Å². The Labute approximate surface area is 441 Å². The average molecular weight is 1110 g/mol.